The summed E-state index contributed by atoms with van der Waals surface area (Å²) in [7, 11) is 0. The fourth-order valence-electron chi connectivity index (χ4n) is 2.73. The monoisotopic (exact) mass is 332 g/mol. The molecule has 1 unspecified atom stereocenters. The molecule has 2 aromatic heterocycles. The minimum Gasteiger partial charge on any atom is -0.260 e. The molecule has 1 atom stereocenters. The SMILES string of the molecule is Clc1ccc2nc(SC3CCCc4cccnc43)sc2c1. The van der Waals surface area contributed by atoms with Crippen LogP contribution in [0.3, 0.4) is 0 Å². The smallest absolute Gasteiger partial charge is 0.151 e. The van der Waals surface area contributed by atoms with Crippen molar-refractivity contribution in [3.05, 3.63) is 52.8 Å². The molecule has 0 aliphatic heterocycles. The van der Waals surface area contributed by atoms with Gasteiger partial charge in [0.15, 0.2) is 4.34 Å². The Hall–Kier alpha value is -1.10. The maximum absolute atomic E-state index is 6.05. The highest BCUT2D eigenvalue weighted by Crippen LogP contribution is 2.44. The summed E-state index contributed by atoms with van der Waals surface area (Å²) in [5, 5.41) is 1.19. The number of rotatable bonds is 2. The molecule has 1 aromatic carbocycles. The Bertz CT molecular complexity index is 800. The number of aromatic nitrogens is 2. The zero-order valence-corrected chi connectivity index (χ0v) is 13.6. The van der Waals surface area contributed by atoms with Crippen LogP contribution in [0.25, 0.3) is 10.2 Å². The molecule has 0 amide bonds. The Labute approximate surface area is 136 Å². The lowest BCUT2D eigenvalue weighted by Crippen LogP contribution is -2.08. The molecule has 1 aliphatic carbocycles. The summed E-state index contributed by atoms with van der Waals surface area (Å²) in [6, 6.07) is 10.1. The third kappa shape index (κ3) is 2.68. The summed E-state index contributed by atoms with van der Waals surface area (Å²) in [4.78, 5) is 9.32. The summed E-state index contributed by atoms with van der Waals surface area (Å²) in [6.45, 7) is 0. The molecular weight excluding hydrogens is 320 g/mol. The Kier molecular flexibility index (Phi) is 3.61. The van der Waals surface area contributed by atoms with Crippen molar-refractivity contribution >= 4 is 44.9 Å². The number of halogens is 1. The molecule has 1 aliphatic rings. The van der Waals surface area contributed by atoms with Crippen LogP contribution in [0.4, 0.5) is 0 Å². The van der Waals surface area contributed by atoms with Crippen molar-refractivity contribution < 1.29 is 0 Å². The van der Waals surface area contributed by atoms with Crippen molar-refractivity contribution in [1.29, 1.82) is 0 Å². The van der Waals surface area contributed by atoms with Crippen LogP contribution in [-0.4, -0.2) is 9.97 Å². The zero-order valence-electron chi connectivity index (χ0n) is 11.3. The van der Waals surface area contributed by atoms with E-state index in [4.69, 9.17) is 16.6 Å². The minimum absolute atomic E-state index is 0.422. The van der Waals surface area contributed by atoms with Gasteiger partial charge in [0.25, 0.3) is 0 Å². The predicted molar refractivity (Wildman–Crippen MR) is 90.4 cm³/mol. The standard InChI is InChI=1S/C16H13ClN2S2/c17-11-6-7-12-14(9-11)21-16(19-12)20-13-5-1-3-10-4-2-8-18-15(10)13/h2,4,6-9,13H,1,3,5H2. The van der Waals surface area contributed by atoms with Crippen LogP contribution in [-0.2, 0) is 6.42 Å². The number of aryl methyl sites for hydroxylation is 1. The Morgan fingerprint density at radius 3 is 3.19 bits per heavy atom. The van der Waals surface area contributed by atoms with Gasteiger partial charge in [0, 0.05) is 11.2 Å². The predicted octanol–water partition coefficient (Wildman–Crippen LogP) is 5.51. The summed E-state index contributed by atoms with van der Waals surface area (Å²) in [6.07, 6.45) is 5.45. The molecule has 106 valence electrons. The number of hydrogen-bond acceptors (Lipinski definition) is 4. The first-order chi connectivity index (χ1) is 10.3. The number of nitrogens with zero attached hydrogens (tertiary/aromatic N) is 2. The van der Waals surface area contributed by atoms with Crippen molar-refractivity contribution in [2.75, 3.05) is 0 Å². The molecule has 5 heteroatoms. The van der Waals surface area contributed by atoms with Gasteiger partial charge < -0.3 is 0 Å². The molecule has 0 radical (unpaired) electrons. The van der Waals surface area contributed by atoms with E-state index >= 15 is 0 Å². The van der Waals surface area contributed by atoms with E-state index < -0.39 is 0 Å². The van der Waals surface area contributed by atoms with Gasteiger partial charge in [-0.15, -0.1) is 11.3 Å². The quantitative estimate of drug-likeness (QED) is 0.618. The fraction of sp³-hybridized carbons (Fsp3) is 0.250. The van der Waals surface area contributed by atoms with E-state index in [9.17, 15) is 0 Å². The molecule has 0 spiro atoms. The lowest BCUT2D eigenvalue weighted by atomic mass is 9.96. The second kappa shape index (κ2) is 5.59. The number of thioether (sulfide) groups is 1. The molecule has 0 saturated carbocycles. The maximum atomic E-state index is 6.05. The van der Waals surface area contributed by atoms with Gasteiger partial charge in [0.1, 0.15) is 0 Å². The molecule has 0 N–H and O–H groups in total. The van der Waals surface area contributed by atoms with Crippen molar-refractivity contribution in [2.24, 2.45) is 0 Å². The molecule has 21 heavy (non-hydrogen) atoms. The highest BCUT2D eigenvalue weighted by atomic mass is 35.5. The van der Waals surface area contributed by atoms with Crippen LogP contribution in [0, 0.1) is 0 Å². The fourth-order valence-corrected chi connectivity index (χ4v) is 5.52. The molecular formula is C16H13ClN2S2. The van der Waals surface area contributed by atoms with Crippen LogP contribution in [0.15, 0.2) is 40.9 Å². The Morgan fingerprint density at radius 1 is 1.29 bits per heavy atom. The summed E-state index contributed by atoms with van der Waals surface area (Å²) < 4.78 is 2.26. The summed E-state index contributed by atoms with van der Waals surface area (Å²) >= 11 is 9.61. The van der Waals surface area contributed by atoms with E-state index in [-0.39, 0.29) is 0 Å². The highest BCUT2D eigenvalue weighted by Gasteiger charge is 2.23. The van der Waals surface area contributed by atoms with Gasteiger partial charge in [0.2, 0.25) is 0 Å². The molecule has 4 rings (SSSR count). The largest absolute Gasteiger partial charge is 0.260 e. The maximum Gasteiger partial charge on any atom is 0.151 e. The number of pyridine rings is 1. The van der Waals surface area contributed by atoms with Crippen LogP contribution < -0.4 is 0 Å². The highest BCUT2D eigenvalue weighted by molar-refractivity contribution is 8.01. The second-order valence-electron chi connectivity index (χ2n) is 5.14. The second-order valence-corrected chi connectivity index (χ2v) is 8.06. The van der Waals surface area contributed by atoms with Gasteiger partial charge in [-0.1, -0.05) is 29.4 Å². The van der Waals surface area contributed by atoms with Gasteiger partial charge in [0.05, 0.1) is 21.2 Å². The topological polar surface area (TPSA) is 25.8 Å². The number of benzene rings is 1. The van der Waals surface area contributed by atoms with Gasteiger partial charge in [-0.05, 0) is 49.1 Å². The minimum atomic E-state index is 0.422. The van der Waals surface area contributed by atoms with Gasteiger partial charge in [-0.2, -0.15) is 0 Å². The first-order valence-corrected chi connectivity index (χ1v) is 9.03. The van der Waals surface area contributed by atoms with Gasteiger partial charge in [-0.25, -0.2) is 4.98 Å². The normalized spacial score (nSPS) is 17.9. The number of hydrogen-bond donors (Lipinski definition) is 0. The first kappa shape index (κ1) is 13.6. The van der Waals surface area contributed by atoms with Crippen molar-refractivity contribution in [3.63, 3.8) is 0 Å². The van der Waals surface area contributed by atoms with E-state index in [1.165, 1.54) is 24.1 Å². The Balaban J connectivity index is 1.66. The average Bonchev–Trinajstić information content (AvgIpc) is 2.89. The van der Waals surface area contributed by atoms with Crippen molar-refractivity contribution in [1.82, 2.24) is 9.97 Å². The lowest BCUT2D eigenvalue weighted by Gasteiger charge is -2.22. The van der Waals surface area contributed by atoms with Gasteiger partial charge in [-0.3, -0.25) is 4.98 Å². The van der Waals surface area contributed by atoms with Gasteiger partial charge >= 0.3 is 0 Å². The molecule has 2 nitrogen and oxygen atoms in total. The third-order valence-corrected chi connectivity index (χ3v) is 6.34. The lowest BCUT2D eigenvalue weighted by molar-refractivity contribution is 0.656. The first-order valence-electron chi connectivity index (χ1n) is 6.96. The molecule has 0 fully saturated rings. The van der Waals surface area contributed by atoms with E-state index in [2.05, 4.69) is 11.1 Å². The van der Waals surface area contributed by atoms with E-state index in [0.29, 0.717) is 5.25 Å². The zero-order chi connectivity index (χ0) is 14.2. The summed E-state index contributed by atoms with van der Waals surface area (Å²) in [5.41, 5.74) is 3.67. The molecule has 0 saturated heterocycles. The third-order valence-electron chi connectivity index (χ3n) is 3.72. The molecule has 2 heterocycles. The van der Waals surface area contributed by atoms with E-state index in [1.807, 2.05) is 42.2 Å². The summed E-state index contributed by atoms with van der Waals surface area (Å²) in [5.74, 6) is 0. The molecule has 3 aromatic rings. The Morgan fingerprint density at radius 2 is 2.24 bits per heavy atom. The van der Waals surface area contributed by atoms with Crippen LogP contribution in [0.1, 0.15) is 29.3 Å². The van der Waals surface area contributed by atoms with E-state index in [1.54, 1.807) is 11.3 Å². The average molecular weight is 333 g/mol. The molecule has 0 bridgehead atoms. The van der Waals surface area contributed by atoms with E-state index in [0.717, 1.165) is 26.0 Å². The van der Waals surface area contributed by atoms with Crippen molar-refractivity contribution in [3.8, 4) is 0 Å². The van der Waals surface area contributed by atoms with Crippen molar-refractivity contribution in [2.45, 2.75) is 28.9 Å². The van der Waals surface area contributed by atoms with Crippen LogP contribution in [0.5, 0.6) is 0 Å². The van der Waals surface area contributed by atoms with Crippen LogP contribution >= 0.6 is 34.7 Å². The van der Waals surface area contributed by atoms with Crippen LogP contribution in [0.2, 0.25) is 5.02 Å². The number of thiazole rings is 1. The number of fused-ring (bicyclic) bond motifs is 2.